The minimum atomic E-state index is -0.0998. The van der Waals surface area contributed by atoms with Gasteiger partial charge >= 0.3 is 0 Å². The summed E-state index contributed by atoms with van der Waals surface area (Å²) in [5, 5.41) is 5.85. The predicted octanol–water partition coefficient (Wildman–Crippen LogP) is 3.33. The van der Waals surface area contributed by atoms with E-state index in [0.717, 1.165) is 12.8 Å². The smallest absolute Gasteiger partial charge is 0.251 e. The van der Waals surface area contributed by atoms with Crippen molar-refractivity contribution in [3.63, 3.8) is 0 Å². The van der Waals surface area contributed by atoms with Gasteiger partial charge in [0.2, 0.25) is 5.91 Å². The second-order valence-electron chi connectivity index (χ2n) is 6.22. The molecule has 25 heavy (non-hydrogen) atoms. The van der Waals surface area contributed by atoms with Crippen molar-refractivity contribution in [1.82, 2.24) is 10.6 Å². The van der Waals surface area contributed by atoms with Gasteiger partial charge in [0.25, 0.3) is 5.91 Å². The second kappa shape index (κ2) is 10.3. The number of benzene rings is 2. The van der Waals surface area contributed by atoms with Crippen molar-refractivity contribution < 1.29 is 9.59 Å². The van der Waals surface area contributed by atoms with Gasteiger partial charge in [0.15, 0.2) is 0 Å². The van der Waals surface area contributed by atoms with Gasteiger partial charge in [0.05, 0.1) is 0 Å². The van der Waals surface area contributed by atoms with E-state index in [4.69, 9.17) is 0 Å². The molecule has 0 spiro atoms. The molecular formula is C21H26N2O2. The molecule has 2 N–H and O–H groups in total. The number of rotatable bonds is 9. The third-order valence-corrected chi connectivity index (χ3v) is 4.02. The van der Waals surface area contributed by atoms with Gasteiger partial charge in [-0.15, -0.1) is 0 Å². The summed E-state index contributed by atoms with van der Waals surface area (Å²) < 4.78 is 0. The molecule has 0 heterocycles. The summed E-state index contributed by atoms with van der Waals surface area (Å²) in [5.74, 6) is -0.0632. The molecular weight excluding hydrogens is 312 g/mol. The van der Waals surface area contributed by atoms with Crippen LogP contribution in [0.1, 0.15) is 42.1 Å². The summed E-state index contributed by atoms with van der Waals surface area (Å²) in [7, 11) is 0. The highest BCUT2D eigenvalue weighted by atomic mass is 16.2. The topological polar surface area (TPSA) is 58.2 Å². The first-order valence-corrected chi connectivity index (χ1v) is 8.81. The Balaban J connectivity index is 1.58. The fourth-order valence-electron chi connectivity index (χ4n) is 2.59. The number of hydrogen-bond donors (Lipinski definition) is 2. The van der Waals surface area contributed by atoms with E-state index in [0.29, 0.717) is 24.9 Å². The standard InChI is InChI=1S/C21H26N2O2/c1-17(14-15-18-9-4-2-5-10-18)23-20(24)13-8-16-22-21(25)19-11-6-3-7-12-19/h2-7,9-12,17H,8,13-16H2,1H3,(H,22,25)(H,23,24). The zero-order valence-corrected chi connectivity index (χ0v) is 14.7. The summed E-state index contributed by atoms with van der Waals surface area (Å²) in [5.41, 5.74) is 1.92. The quantitative estimate of drug-likeness (QED) is 0.689. The number of nitrogens with one attached hydrogen (secondary N) is 2. The average Bonchev–Trinajstić information content (AvgIpc) is 2.65. The lowest BCUT2D eigenvalue weighted by molar-refractivity contribution is -0.121. The van der Waals surface area contributed by atoms with E-state index in [1.807, 2.05) is 43.3 Å². The van der Waals surface area contributed by atoms with Gasteiger partial charge in [-0.3, -0.25) is 9.59 Å². The zero-order valence-electron chi connectivity index (χ0n) is 14.7. The predicted molar refractivity (Wildman–Crippen MR) is 100 cm³/mol. The van der Waals surface area contributed by atoms with E-state index >= 15 is 0 Å². The first-order valence-electron chi connectivity index (χ1n) is 8.81. The molecule has 0 saturated heterocycles. The van der Waals surface area contributed by atoms with Crippen LogP contribution in [-0.2, 0) is 11.2 Å². The van der Waals surface area contributed by atoms with Crippen LogP contribution in [0.5, 0.6) is 0 Å². The van der Waals surface area contributed by atoms with Crippen molar-refractivity contribution in [3.05, 3.63) is 71.8 Å². The van der Waals surface area contributed by atoms with Crippen LogP contribution in [0.2, 0.25) is 0 Å². The molecule has 2 rings (SSSR count). The van der Waals surface area contributed by atoms with Crippen LogP contribution in [0.4, 0.5) is 0 Å². The summed E-state index contributed by atoms with van der Waals surface area (Å²) >= 11 is 0. The van der Waals surface area contributed by atoms with Gasteiger partial charge < -0.3 is 10.6 Å². The molecule has 0 aromatic heterocycles. The van der Waals surface area contributed by atoms with Crippen LogP contribution in [0.25, 0.3) is 0 Å². The highest BCUT2D eigenvalue weighted by molar-refractivity contribution is 5.94. The number of hydrogen-bond acceptors (Lipinski definition) is 2. The van der Waals surface area contributed by atoms with E-state index in [-0.39, 0.29) is 17.9 Å². The lowest BCUT2D eigenvalue weighted by atomic mass is 10.1. The molecule has 1 unspecified atom stereocenters. The van der Waals surface area contributed by atoms with Crippen LogP contribution in [0, 0.1) is 0 Å². The Kier molecular flexibility index (Phi) is 7.70. The molecule has 0 aliphatic rings. The monoisotopic (exact) mass is 338 g/mol. The van der Waals surface area contributed by atoms with Gasteiger partial charge in [-0.2, -0.15) is 0 Å². The molecule has 0 radical (unpaired) electrons. The zero-order chi connectivity index (χ0) is 17.9. The molecule has 1 atom stereocenters. The van der Waals surface area contributed by atoms with E-state index in [1.54, 1.807) is 12.1 Å². The highest BCUT2D eigenvalue weighted by Crippen LogP contribution is 2.05. The fraction of sp³-hybridized carbons (Fsp3) is 0.333. The lowest BCUT2D eigenvalue weighted by Gasteiger charge is -2.14. The van der Waals surface area contributed by atoms with Crippen LogP contribution < -0.4 is 10.6 Å². The first-order chi connectivity index (χ1) is 12.1. The number of aryl methyl sites for hydroxylation is 1. The minimum Gasteiger partial charge on any atom is -0.354 e. The normalized spacial score (nSPS) is 11.6. The van der Waals surface area contributed by atoms with Gasteiger partial charge in [-0.1, -0.05) is 48.5 Å². The molecule has 0 saturated carbocycles. The van der Waals surface area contributed by atoms with Gasteiger partial charge in [0.1, 0.15) is 0 Å². The van der Waals surface area contributed by atoms with Gasteiger partial charge in [0, 0.05) is 24.6 Å². The average molecular weight is 338 g/mol. The molecule has 2 amide bonds. The third kappa shape index (κ3) is 7.21. The number of amides is 2. The molecule has 0 bridgehead atoms. The van der Waals surface area contributed by atoms with Crippen molar-refractivity contribution in [1.29, 1.82) is 0 Å². The third-order valence-electron chi connectivity index (χ3n) is 4.02. The van der Waals surface area contributed by atoms with Crippen LogP contribution >= 0.6 is 0 Å². The lowest BCUT2D eigenvalue weighted by Crippen LogP contribution is -2.33. The molecule has 4 nitrogen and oxygen atoms in total. The van der Waals surface area contributed by atoms with E-state index in [1.165, 1.54) is 5.56 Å². The minimum absolute atomic E-state index is 0.0366. The summed E-state index contributed by atoms with van der Waals surface area (Å²) in [6.45, 7) is 2.53. The van der Waals surface area contributed by atoms with Crippen molar-refractivity contribution in [3.8, 4) is 0 Å². The maximum absolute atomic E-state index is 12.0. The Hall–Kier alpha value is -2.62. The Labute approximate surface area is 149 Å². The number of carbonyl (C=O) groups is 2. The SMILES string of the molecule is CC(CCc1ccccc1)NC(=O)CCCNC(=O)c1ccccc1. The Morgan fingerprint density at radius 1 is 0.960 bits per heavy atom. The molecule has 4 heteroatoms. The molecule has 2 aromatic rings. The summed E-state index contributed by atoms with van der Waals surface area (Å²) in [6, 6.07) is 19.5. The fourth-order valence-corrected chi connectivity index (χ4v) is 2.59. The highest BCUT2D eigenvalue weighted by Gasteiger charge is 2.08. The summed E-state index contributed by atoms with van der Waals surface area (Å²) in [4.78, 5) is 23.8. The van der Waals surface area contributed by atoms with Crippen molar-refractivity contribution in [2.24, 2.45) is 0 Å². The molecule has 132 valence electrons. The molecule has 0 aliphatic carbocycles. The van der Waals surface area contributed by atoms with Crippen LogP contribution in [0.3, 0.4) is 0 Å². The van der Waals surface area contributed by atoms with E-state index < -0.39 is 0 Å². The van der Waals surface area contributed by atoms with Crippen LogP contribution in [-0.4, -0.2) is 24.4 Å². The maximum Gasteiger partial charge on any atom is 0.251 e. The first kappa shape index (κ1) is 18.7. The van der Waals surface area contributed by atoms with Crippen molar-refractivity contribution in [2.75, 3.05) is 6.54 Å². The summed E-state index contributed by atoms with van der Waals surface area (Å²) in [6.07, 6.45) is 2.93. The maximum atomic E-state index is 12.0. The van der Waals surface area contributed by atoms with Crippen molar-refractivity contribution >= 4 is 11.8 Å². The van der Waals surface area contributed by atoms with Gasteiger partial charge in [-0.25, -0.2) is 0 Å². The Bertz CT molecular complexity index is 656. The largest absolute Gasteiger partial charge is 0.354 e. The Morgan fingerprint density at radius 3 is 2.28 bits per heavy atom. The second-order valence-corrected chi connectivity index (χ2v) is 6.22. The molecule has 0 fully saturated rings. The van der Waals surface area contributed by atoms with E-state index in [2.05, 4.69) is 22.8 Å². The van der Waals surface area contributed by atoms with E-state index in [9.17, 15) is 9.59 Å². The Morgan fingerprint density at radius 2 is 1.60 bits per heavy atom. The molecule has 0 aliphatic heterocycles. The van der Waals surface area contributed by atoms with Crippen molar-refractivity contribution in [2.45, 2.75) is 38.6 Å². The molecule has 2 aromatic carbocycles. The van der Waals surface area contributed by atoms with Crippen LogP contribution in [0.15, 0.2) is 60.7 Å². The van der Waals surface area contributed by atoms with Gasteiger partial charge in [-0.05, 0) is 43.9 Å². The number of carbonyl (C=O) groups excluding carboxylic acids is 2.